The molecule has 11 heteroatoms. The Morgan fingerprint density at radius 3 is 2.59 bits per heavy atom. The summed E-state index contributed by atoms with van der Waals surface area (Å²) < 4.78 is 11.1. The summed E-state index contributed by atoms with van der Waals surface area (Å²) >= 11 is 0. The second-order valence-corrected chi connectivity index (χ2v) is 6.85. The van der Waals surface area contributed by atoms with Crippen molar-refractivity contribution in [3.05, 3.63) is 46.8 Å². The van der Waals surface area contributed by atoms with Gasteiger partial charge in [0.2, 0.25) is 0 Å². The van der Waals surface area contributed by atoms with Crippen LogP contribution in [0.2, 0.25) is 0 Å². The van der Waals surface area contributed by atoms with Crippen molar-refractivity contribution in [1.29, 1.82) is 0 Å². The molecule has 0 saturated heterocycles. The monoisotopic (exact) mass is 437 g/mol. The van der Waals surface area contributed by atoms with E-state index in [9.17, 15) is 14.7 Å². The molecule has 4 N–H and O–H groups in total. The van der Waals surface area contributed by atoms with Crippen molar-refractivity contribution >= 4 is 17.1 Å². The lowest BCUT2D eigenvalue weighted by atomic mass is 10.0. The van der Waals surface area contributed by atoms with E-state index < -0.39 is 17.6 Å². The average molecular weight is 437 g/mol. The van der Waals surface area contributed by atoms with Crippen molar-refractivity contribution in [2.75, 3.05) is 6.61 Å². The van der Waals surface area contributed by atoms with Gasteiger partial charge in [-0.1, -0.05) is 17.3 Å². The van der Waals surface area contributed by atoms with Crippen LogP contribution >= 0.6 is 0 Å². The molecule has 32 heavy (non-hydrogen) atoms. The van der Waals surface area contributed by atoms with E-state index in [1.807, 2.05) is 6.92 Å². The summed E-state index contributed by atoms with van der Waals surface area (Å²) in [6.07, 6.45) is -1.13. The van der Waals surface area contributed by atoms with Crippen molar-refractivity contribution in [1.82, 2.24) is 25.4 Å². The summed E-state index contributed by atoms with van der Waals surface area (Å²) in [4.78, 5) is 30.4. The largest absolute Gasteiger partial charge is 0.504 e. The van der Waals surface area contributed by atoms with E-state index in [0.717, 1.165) is 5.56 Å². The second kappa shape index (κ2) is 8.38. The van der Waals surface area contributed by atoms with Crippen LogP contribution in [0.15, 0.2) is 41.2 Å². The molecule has 0 aliphatic carbocycles. The standard InChI is InChI=1S/C21H19N5O6/c1-3-31-15-8-11(12-5-7-14(27)16(9-12)32-10(2)21(29)30)4-6-13(15)18-22-19-17(20(28)23-18)24-26-25-19/h4-10,27H,3H2,1-2H3,(H,29,30)(H2,22,23,24,25,26,28). The molecular formula is C21H19N5O6. The Morgan fingerprint density at radius 2 is 1.88 bits per heavy atom. The number of phenolic OH excluding ortho intramolecular Hbond substituents is 1. The lowest BCUT2D eigenvalue weighted by molar-refractivity contribution is -0.144. The highest BCUT2D eigenvalue weighted by atomic mass is 16.5. The number of nitrogens with zero attached hydrogens (tertiary/aromatic N) is 3. The molecule has 0 amide bonds. The van der Waals surface area contributed by atoms with Gasteiger partial charge in [-0.25, -0.2) is 14.9 Å². The van der Waals surface area contributed by atoms with Gasteiger partial charge in [-0.15, -0.1) is 5.10 Å². The molecule has 1 unspecified atom stereocenters. The Kier molecular flexibility index (Phi) is 5.46. The molecule has 4 rings (SSSR count). The Labute approximate surface area is 180 Å². The molecule has 0 spiro atoms. The zero-order chi connectivity index (χ0) is 22.8. The first-order valence-electron chi connectivity index (χ1n) is 9.68. The summed E-state index contributed by atoms with van der Waals surface area (Å²) in [5, 5.41) is 29.0. The van der Waals surface area contributed by atoms with E-state index in [4.69, 9.17) is 14.6 Å². The number of carboxylic acid groups (broad SMARTS) is 1. The molecule has 0 saturated carbocycles. The number of benzene rings is 2. The van der Waals surface area contributed by atoms with Crippen molar-refractivity contribution < 1.29 is 24.5 Å². The number of carboxylic acids is 1. The normalized spacial score (nSPS) is 11.9. The minimum atomic E-state index is -1.15. The van der Waals surface area contributed by atoms with Crippen molar-refractivity contribution in [3.63, 3.8) is 0 Å². The van der Waals surface area contributed by atoms with Gasteiger partial charge < -0.3 is 24.7 Å². The first-order valence-corrected chi connectivity index (χ1v) is 9.68. The maximum Gasteiger partial charge on any atom is 0.344 e. The topological polar surface area (TPSA) is 163 Å². The van der Waals surface area contributed by atoms with Crippen LogP contribution in [0.3, 0.4) is 0 Å². The van der Waals surface area contributed by atoms with Crippen LogP contribution in [0.5, 0.6) is 17.2 Å². The SMILES string of the molecule is CCOc1cc(-c2ccc(O)c(OC(C)C(=O)O)c2)ccc1-c1nc2[nH]nnc2c(=O)[nH]1. The van der Waals surface area contributed by atoms with Gasteiger partial charge in [-0.3, -0.25) is 4.79 Å². The van der Waals surface area contributed by atoms with E-state index >= 15 is 0 Å². The lowest BCUT2D eigenvalue weighted by Gasteiger charge is -2.15. The molecular weight excluding hydrogens is 418 g/mol. The zero-order valence-corrected chi connectivity index (χ0v) is 17.1. The number of aromatic amines is 2. The summed E-state index contributed by atoms with van der Waals surface area (Å²) in [6.45, 7) is 3.57. The number of fused-ring (bicyclic) bond motifs is 1. The maximum atomic E-state index is 12.3. The predicted octanol–water partition coefficient (Wildman–Crippen LogP) is 2.33. The predicted molar refractivity (Wildman–Crippen MR) is 114 cm³/mol. The van der Waals surface area contributed by atoms with Gasteiger partial charge in [-0.05, 0) is 49.2 Å². The Balaban J connectivity index is 1.76. The Hall–Kier alpha value is -4.41. The number of aromatic nitrogens is 5. The minimum Gasteiger partial charge on any atom is -0.504 e. The molecule has 0 aliphatic rings. The van der Waals surface area contributed by atoms with Crippen LogP contribution in [0.1, 0.15) is 13.8 Å². The van der Waals surface area contributed by atoms with Gasteiger partial charge in [0, 0.05) is 0 Å². The van der Waals surface area contributed by atoms with Crippen molar-refractivity contribution in [3.8, 4) is 39.8 Å². The molecule has 0 radical (unpaired) electrons. The number of nitrogens with one attached hydrogen (secondary N) is 2. The molecule has 0 fully saturated rings. The van der Waals surface area contributed by atoms with Crippen LogP contribution in [-0.4, -0.2) is 54.3 Å². The quantitative estimate of drug-likeness (QED) is 0.340. The molecule has 4 aromatic rings. The van der Waals surface area contributed by atoms with Crippen molar-refractivity contribution in [2.24, 2.45) is 0 Å². The van der Waals surface area contributed by atoms with Crippen molar-refractivity contribution in [2.45, 2.75) is 20.0 Å². The van der Waals surface area contributed by atoms with Crippen LogP contribution in [0, 0.1) is 0 Å². The summed E-state index contributed by atoms with van der Waals surface area (Å²) in [5.74, 6) is -0.527. The lowest BCUT2D eigenvalue weighted by Crippen LogP contribution is -2.22. The molecule has 1 atom stereocenters. The molecule has 2 aromatic heterocycles. The number of aromatic hydroxyl groups is 1. The number of phenols is 1. The van der Waals surface area contributed by atoms with Gasteiger partial charge in [0.25, 0.3) is 5.56 Å². The van der Waals surface area contributed by atoms with Crippen LogP contribution in [0.4, 0.5) is 0 Å². The molecule has 164 valence electrons. The number of aliphatic carboxylic acids is 1. The smallest absolute Gasteiger partial charge is 0.344 e. The fourth-order valence-corrected chi connectivity index (χ4v) is 3.09. The third kappa shape index (κ3) is 3.95. The summed E-state index contributed by atoms with van der Waals surface area (Å²) in [6, 6.07) is 9.91. The number of ether oxygens (including phenoxy) is 2. The number of carbonyl (C=O) groups is 1. The van der Waals surface area contributed by atoms with Gasteiger partial charge >= 0.3 is 5.97 Å². The van der Waals surface area contributed by atoms with Crippen LogP contribution in [0.25, 0.3) is 33.7 Å². The highest BCUT2D eigenvalue weighted by molar-refractivity contribution is 5.77. The van der Waals surface area contributed by atoms with Crippen LogP contribution in [-0.2, 0) is 4.79 Å². The number of hydrogen-bond acceptors (Lipinski definition) is 8. The third-order valence-corrected chi connectivity index (χ3v) is 4.68. The number of rotatable bonds is 7. The molecule has 2 heterocycles. The second-order valence-electron chi connectivity index (χ2n) is 6.85. The summed E-state index contributed by atoms with van der Waals surface area (Å²) in [7, 11) is 0. The van der Waals surface area contributed by atoms with Gasteiger partial charge in [0.15, 0.2) is 28.8 Å². The van der Waals surface area contributed by atoms with E-state index in [1.165, 1.54) is 13.0 Å². The first kappa shape index (κ1) is 20.8. The first-order chi connectivity index (χ1) is 15.4. The molecule has 0 aliphatic heterocycles. The van der Waals surface area contributed by atoms with Gasteiger partial charge in [0.1, 0.15) is 11.6 Å². The fourth-order valence-electron chi connectivity index (χ4n) is 3.09. The van der Waals surface area contributed by atoms with Gasteiger partial charge in [0.05, 0.1) is 12.2 Å². The molecule has 2 aromatic carbocycles. The third-order valence-electron chi connectivity index (χ3n) is 4.68. The van der Waals surface area contributed by atoms with E-state index in [0.29, 0.717) is 23.5 Å². The summed E-state index contributed by atoms with van der Waals surface area (Å²) in [5.41, 5.74) is 1.87. The highest BCUT2D eigenvalue weighted by Crippen LogP contribution is 2.36. The number of hydrogen-bond donors (Lipinski definition) is 4. The van der Waals surface area contributed by atoms with E-state index in [2.05, 4.69) is 25.4 Å². The van der Waals surface area contributed by atoms with Crippen LogP contribution < -0.4 is 15.0 Å². The highest BCUT2D eigenvalue weighted by Gasteiger charge is 2.17. The maximum absolute atomic E-state index is 12.3. The minimum absolute atomic E-state index is 0.0441. The van der Waals surface area contributed by atoms with E-state index in [1.54, 1.807) is 30.3 Å². The van der Waals surface area contributed by atoms with Gasteiger partial charge in [-0.2, -0.15) is 0 Å². The van der Waals surface area contributed by atoms with E-state index in [-0.39, 0.29) is 28.5 Å². The zero-order valence-electron chi connectivity index (χ0n) is 17.1. The fraction of sp³-hybridized carbons (Fsp3) is 0.190. The number of H-pyrrole nitrogens is 2. The molecule has 0 bridgehead atoms. The molecule has 11 nitrogen and oxygen atoms in total. The Bertz CT molecular complexity index is 1360. The average Bonchev–Trinajstić information content (AvgIpc) is 3.25. The Morgan fingerprint density at radius 1 is 1.16 bits per heavy atom.